The van der Waals surface area contributed by atoms with Crippen molar-refractivity contribution in [3.8, 4) is 17.1 Å². The Morgan fingerprint density at radius 3 is 2.46 bits per heavy atom. The molecule has 0 unspecified atom stereocenters. The number of aryl methyl sites for hydroxylation is 5. The molecule has 5 nitrogen and oxygen atoms in total. The second-order valence-electron chi connectivity index (χ2n) is 5.87. The van der Waals surface area contributed by atoms with Gasteiger partial charge in [-0.1, -0.05) is 5.16 Å². The van der Waals surface area contributed by atoms with Gasteiger partial charge in [-0.2, -0.15) is 4.98 Å². The van der Waals surface area contributed by atoms with Crippen LogP contribution in [0.15, 0.2) is 22.9 Å². The summed E-state index contributed by atoms with van der Waals surface area (Å²) in [4.78, 5) is 9.87. The second-order valence-corrected chi connectivity index (χ2v) is 7.19. The van der Waals surface area contributed by atoms with Crippen molar-refractivity contribution >= 4 is 11.3 Å². The van der Waals surface area contributed by atoms with E-state index in [-0.39, 0.29) is 0 Å². The van der Waals surface area contributed by atoms with Crippen molar-refractivity contribution in [2.45, 2.75) is 40.5 Å². The van der Waals surface area contributed by atoms with Crippen LogP contribution in [0.5, 0.6) is 5.75 Å². The van der Waals surface area contributed by atoms with Crippen molar-refractivity contribution in [2.75, 3.05) is 6.61 Å². The lowest BCUT2D eigenvalue weighted by Gasteiger charge is -2.13. The van der Waals surface area contributed by atoms with Crippen molar-refractivity contribution in [1.82, 2.24) is 15.1 Å². The fourth-order valence-electron chi connectivity index (χ4n) is 2.67. The Morgan fingerprint density at radius 2 is 1.88 bits per heavy atom. The second kappa shape index (κ2) is 7.13. The highest BCUT2D eigenvalue weighted by Crippen LogP contribution is 2.29. The molecule has 0 aliphatic carbocycles. The van der Waals surface area contributed by atoms with Crippen LogP contribution in [0.1, 0.15) is 33.3 Å². The van der Waals surface area contributed by atoms with Gasteiger partial charge in [0.2, 0.25) is 11.7 Å². The lowest BCUT2D eigenvalue weighted by atomic mass is 10.1. The zero-order valence-electron chi connectivity index (χ0n) is 14.4. The van der Waals surface area contributed by atoms with Crippen molar-refractivity contribution < 1.29 is 9.26 Å². The predicted molar refractivity (Wildman–Crippen MR) is 94.6 cm³/mol. The van der Waals surface area contributed by atoms with Crippen LogP contribution in [0, 0.1) is 27.7 Å². The molecule has 24 heavy (non-hydrogen) atoms. The topological polar surface area (TPSA) is 61.0 Å². The fourth-order valence-corrected chi connectivity index (χ4v) is 3.50. The van der Waals surface area contributed by atoms with Crippen molar-refractivity contribution in [1.29, 1.82) is 0 Å². The van der Waals surface area contributed by atoms with Gasteiger partial charge in [0.15, 0.2) is 0 Å². The van der Waals surface area contributed by atoms with Crippen molar-refractivity contribution in [3.63, 3.8) is 0 Å². The molecule has 2 heterocycles. The van der Waals surface area contributed by atoms with Gasteiger partial charge in [-0.05, 0) is 56.9 Å². The first-order valence-electron chi connectivity index (χ1n) is 7.99. The molecule has 0 aliphatic heterocycles. The maximum absolute atomic E-state index is 6.01. The first-order valence-corrected chi connectivity index (χ1v) is 8.80. The number of ether oxygens (including phenoxy) is 1. The fraction of sp³-hybridized carbons (Fsp3) is 0.389. The molecule has 3 aromatic rings. The van der Waals surface area contributed by atoms with Crippen LogP contribution >= 0.6 is 11.3 Å². The summed E-state index contributed by atoms with van der Waals surface area (Å²) in [6.45, 7) is 8.61. The highest BCUT2D eigenvalue weighted by atomic mass is 32.1. The van der Waals surface area contributed by atoms with Crippen molar-refractivity contribution in [3.05, 3.63) is 45.2 Å². The molecule has 0 atom stereocenters. The molecule has 6 heteroatoms. The molecule has 2 aromatic heterocycles. The average molecular weight is 343 g/mol. The Kier molecular flexibility index (Phi) is 4.94. The Labute approximate surface area is 145 Å². The first-order chi connectivity index (χ1) is 11.5. The van der Waals surface area contributed by atoms with Crippen molar-refractivity contribution in [2.24, 2.45) is 0 Å². The van der Waals surface area contributed by atoms with E-state index >= 15 is 0 Å². The van der Waals surface area contributed by atoms with Crippen LogP contribution in [0.25, 0.3) is 11.4 Å². The van der Waals surface area contributed by atoms with Gasteiger partial charge >= 0.3 is 0 Å². The third-order valence-electron chi connectivity index (χ3n) is 3.73. The quantitative estimate of drug-likeness (QED) is 0.619. The summed E-state index contributed by atoms with van der Waals surface area (Å²) in [6.07, 6.45) is 3.94. The summed E-state index contributed by atoms with van der Waals surface area (Å²) in [6, 6.07) is 4.08. The third-order valence-corrected chi connectivity index (χ3v) is 4.70. The van der Waals surface area contributed by atoms with E-state index in [1.165, 1.54) is 4.88 Å². The normalized spacial score (nSPS) is 11.0. The van der Waals surface area contributed by atoms with E-state index in [1.54, 1.807) is 18.3 Å². The summed E-state index contributed by atoms with van der Waals surface area (Å²) in [7, 11) is 0. The van der Waals surface area contributed by atoms with E-state index in [9.17, 15) is 0 Å². The number of rotatable bonds is 6. The largest absolute Gasteiger partial charge is 0.493 e. The predicted octanol–water partition coefficient (Wildman–Crippen LogP) is 4.44. The first kappa shape index (κ1) is 16.6. The molecule has 0 spiro atoms. The van der Waals surface area contributed by atoms with E-state index in [4.69, 9.17) is 9.26 Å². The zero-order valence-corrected chi connectivity index (χ0v) is 15.2. The van der Waals surface area contributed by atoms with E-state index in [2.05, 4.69) is 15.1 Å². The molecule has 0 fully saturated rings. The van der Waals surface area contributed by atoms with Gasteiger partial charge in [-0.3, -0.25) is 0 Å². The zero-order chi connectivity index (χ0) is 17.1. The monoisotopic (exact) mass is 343 g/mol. The Morgan fingerprint density at radius 1 is 1.12 bits per heavy atom. The van der Waals surface area contributed by atoms with Crippen LogP contribution < -0.4 is 4.74 Å². The van der Waals surface area contributed by atoms with E-state index < -0.39 is 0 Å². The number of hydrogen-bond donors (Lipinski definition) is 0. The summed E-state index contributed by atoms with van der Waals surface area (Å²) >= 11 is 1.75. The Hall–Kier alpha value is -2.21. The van der Waals surface area contributed by atoms with Gasteiger partial charge in [0.05, 0.1) is 11.6 Å². The highest BCUT2D eigenvalue weighted by Gasteiger charge is 2.11. The molecule has 0 saturated heterocycles. The third kappa shape index (κ3) is 3.82. The molecule has 0 aliphatic rings. The van der Waals surface area contributed by atoms with Crippen LogP contribution in [-0.4, -0.2) is 21.7 Å². The molecule has 0 radical (unpaired) electrons. The summed E-state index contributed by atoms with van der Waals surface area (Å²) < 4.78 is 11.1. The Balaban J connectivity index is 1.63. The minimum Gasteiger partial charge on any atom is -0.493 e. The lowest BCUT2D eigenvalue weighted by molar-refractivity contribution is 0.307. The van der Waals surface area contributed by atoms with Crippen LogP contribution in [0.3, 0.4) is 0 Å². The molecule has 0 amide bonds. The van der Waals surface area contributed by atoms with E-state index in [1.807, 2.05) is 39.1 Å². The minimum atomic E-state index is 0.568. The number of aromatic nitrogens is 3. The Bertz CT molecular complexity index is 815. The van der Waals surface area contributed by atoms with Gasteiger partial charge in [0.25, 0.3) is 0 Å². The van der Waals surface area contributed by atoms with E-state index in [0.717, 1.165) is 40.3 Å². The highest BCUT2D eigenvalue weighted by molar-refractivity contribution is 7.11. The molecule has 3 rings (SSSR count). The lowest BCUT2D eigenvalue weighted by Crippen LogP contribution is -2.02. The molecular formula is C18H21N3O2S. The van der Waals surface area contributed by atoms with Gasteiger partial charge < -0.3 is 9.26 Å². The molecule has 0 N–H and O–H groups in total. The van der Waals surface area contributed by atoms with Gasteiger partial charge in [-0.25, -0.2) is 4.98 Å². The summed E-state index contributed by atoms with van der Waals surface area (Å²) in [5.41, 5.74) is 3.12. The van der Waals surface area contributed by atoms with Gasteiger partial charge in [-0.15, -0.1) is 11.3 Å². The van der Waals surface area contributed by atoms with E-state index in [0.29, 0.717) is 18.3 Å². The average Bonchev–Trinajstić information content (AvgIpc) is 3.14. The van der Waals surface area contributed by atoms with Crippen LogP contribution in [0.2, 0.25) is 0 Å². The van der Waals surface area contributed by atoms with Crippen LogP contribution in [-0.2, 0) is 6.42 Å². The number of nitrogens with zero attached hydrogens (tertiary/aromatic N) is 3. The molecular weight excluding hydrogens is 322 g/mol. The number of hydrogen-bond acceptors (Lipinski definition) is 6. The molecule has 126 valence electrons. The SMILES string of the molecule is Cc1nc(-c2cc(C)c(OCCCc3cnc(C)s3)c(C)c2)no1. The minimum absolute atomic E-state index is 0.568. The maximum Gasteiger partial charge on any atom is 0.223 e. The number of benzene rings is 1. The molecule has 0 saturated carbocycles. The van der Waals surface area contributed by atoms with Gasteiger partial charge in [0, 0.05) is 23.6 Å². The summed E-state index contributed by atoms with van der Waals surface area (Å²) in [5.74, 6) is 2.13. The molecule has 0 bridgehead atoms. The van der Waals surface area contributed by atoms with Crippen LogP contribution in [0.4, 0.5) is 0 Å². The standard InChI is InChI=1S/C18H21N3O2S/c1-11-8-15(18-20-13(3)23-21-18)9-12(2)17(11)22-7-5-6-16-10-19-14(4)24-16/h8-10H,5-7H2,1-4H3. The summed E-state index contributed by atoms with van der Waals surface area (Å²) in [5, 5.41) is 5.09. The number of thiazole rings is 1. The smallest absolute Gasteiger partial charge is 0.223 e. The maximum atomic E-state index is 6.01. The van der Waals surface area contributed by atoms with Gasteiger partial charge in [0.1, 0.15) is 5.75 Å². The molecule has 1 aromatic carbocycles.